The van der Waals surface area contributed by atoms with Gasteiger partial charge in [0.15, 0.2) is 0 Å². The maximum Gasteiger partial charge on any atom is 0.677 e. The number of hydrogen-bond acceptors (Lipinski definition) is 6. The Balaban J connectivity index is 1.64. The van der Waals surface area contributed by atoms with Crippen LogP contribution >= 0.6 is 0 Å². The molecule has 3 rings (SSSR count). The smallest absolute Gasteiger partial charge is 0.330 e. The molecule has 11 heteroatoms. The SMILES string of the molecule is CCC1=C(C)/C(=C(\c2ccc(NC(=O)CNCCCNCCCCNCCCN)cc2)c2c(C)c(CC)c(C)n2B(F)F)N=C1C. The average molecular weight is 638 g/mol. The quantitative estimate of drug-likeness (QED) is 0.0957. The molecule has 0 radical (unpaired) electrons. The number of rotatable bonds is 20. The molecule has 2 heterocycles. The zero-order chi connectivity index (χ0) is 33.6. The van der Waals surface area contributed by atoms with Gasteiger partial charge in [-0.2, -0.15) is 0 Å². The summed E-state index contributed by atoms with van der Waals surface area (Å²) in [4.78, 5) is 17.5. The van der Waals surface area contributed by atoms with Crippen molar-refractivity contribution >= 4 is 30.3 Å². The zero-order valence-corrected chi connectivity index (χ0v) is 28.7. The average Bonchev–Trinajstić information content (AvgIpc) is 3.45. The molecule has 0 fully saturated rings. The second-order valence-electron chi connectivity index (χ2n) is 11.9. The fourth-order valence-corrected chi connectivity index (χ4v) is 6.31. The molecule has 0 atom stereocenters. The third kappa shape index (κ3) is 9.70. The lowest BCUT2D eigenvalue weighted by Gasteiger charge is -2.17. The van der Waals surface area contributed by atoms with Gasteiger partial charge in [0.05, 0.1) is 12.2 Å². The van der Waals surface area contributed by atoms with E-state index in [0.717, 1.165) is 115 Å². The van der Waals surface area contributed by atoms with E-state index in [9.17, 15) is 13.4 Å². The van der Waals surface area contributed by atoms with Gasteiger partial charge in [-0.05, 0) is 145 Å². The number of aliphatic imine (C=N–C) groups is 1. The lowest BCUT2D eigenvalue weighted by Crippen LogP contribution is -2.30. The van der Waals surface area contributed by atoms with Crippen LogP contribution in [0.3, 0.4) is 0 Å². The fraction of sp³-hybridized carbons (Fsp3) is 0.543. The second kappa shape index (κ2) is 18.9. The van der Waals surface area contributed by atoms with Crippen molar-refractivity contribution in [3.05, 3.63) is 69.2 Å². The van der Waals surface area contributed by atoms with Gasteiger partial charge in [-0.3, -0.25) is 18.4 Å². The number of halogens is 2. The first kappa shape index (κ1) is 37.3. The number of aromatic nitrogens is 1. The van der Waals surface area contributed by atoms with Gasteiger partial charge >= 0.3 is 7.40 Å². The van der Waals surface area contributed by atoms with Gasteiger partial charge < -0.3 is 31.5 Å². The molecule has 1 aromatic carbocycles. The molecule has 1 aliphatic rings. The van der Waals surface area contributed by atoms with Crippen LogP contribution in [-0.4, -0.2) is 69.3 Å². The van der Waals surface area contributed by atoms with E-state index in [4.69, 9.17) is 10.7 Å². The van der Waals surface area contributed by atoms with E-state index in [1.807, 2.05) is 52.0 Å². The molecule has 0 unspecified atom stereocenters. The van der Waals surface area contributed by atoms with Crippen LogP contribution in [0, 0.1) is 13.8 Å². The van der Waals surface area contributed by atoms with Gasteiger partial charge in [0, 0.05) is 28.4 Å². The minimum absolute atomic E-state index is 0.130. The number of unbranched alkanes of at least 4 members (excludes halogenated alkanes) is 1. The first-order valence-corrected chi connectivity index (χ1v) is 16.9. The molecule has 6 N–H and O–H groups in total. The summed E-state index contributed by atoms with van der Waals surface area (Å²) in [6, 6.07) is 7.43. The standard InChI is InChI=1S/C35H54BF2N7O/c1-7-30-24(3)34(43-26(30)5)33(35-25(4)31(8-2)27(6)45(35)36(37)38)28-13-15-29(16-14-28)44-32(46)23-42-22-12-21-41-19-10-9-18-40-20-11-17-39/h13-16,40-42H,7-12,17-23,39H2,1-6H3,(H,44,46)/b34-33-. The van der Waals surface area contributed by atoms with E-state index in [1.165, 1.54) is 0 Å². The van der Waals surface area contributed by atoms with Crippen molar-refractivity contribution in [1.82, 2.24) is 20.4 Å². The van der Waals surface area contributed by atoms with Gasteiger partial charge in [-0.15, -0.1) is 0 Å². The summed E-state index contributed by atoms with van der Waals surface area (Å²) in [5.74, 6) is -0.130. The van der Waals surface area contributed by atoms with Crippen LogP contribution in [0.4, 0.5) is 14.3 Å². The van der Waals surface area contributed by atoms with E-state index in [-0.39, 0.29) is 12.5 Å². The normalized spacial score (nSPS) is 14.2. The van der Waals surface area contributed by atoms with Crippen LogP contribution in [-0.2, 0) is 11.2 Å². The highest BCUT2D eigenvalue weighted by atomic mass is 19.2. The van der Waals surface area contributed by atoms with Gasteiger partial charge in [-0.1, -0.05) is 26.0 Å². The molecule has 2 aromatic rings. The lowest BCUT2D eigenvalue weighted by atomic mass is 9.92. The predicted octanol–water partition coefficient (Wildman–Crippen LogP) is 5.63. The zero-order valence-electron chi connectivity index (χ0n) is 28.7. The molecular formula is C35H54BF2N7O. The van der Waals surface area contributed by atoms with E-state index < -0.39 is 7.40 Å². The van der Waals surface area contributed by atoms with E-state index >= 15 is 0 Å². The van der Waals surface area contributed by atoms with Crippen LogP contribution in [0.5, 0.6) is 0 Å². The summed E-state index contributed by atoms with van der Waals surface area (Å²) in [6.07, 6.45) is 5.70. The Bertz CT molecular complexity index is 1400. The Labute approximate surface area is 275 Å². The third-order valence-electron chi connectivity index (χ3n) is 8.71. The second-order valence-corrected chi connectivity index (χ2v) is 11.9. The molecular weight excluding hydrogens is 583 g/mol. The van der Waals surface area contributed by atoms with E-state index in [2.05, 4.69) is 28.2 Å². The van der Waals surface area contributed by atoms with Crippen LogP contribution in [0.2, 0.25) is 0 Å². The van der Waals surface area contributed by atoms with Gasteiger partial charge in [-0.25, -0.2) is 0 Å². The number of anilines is 1. The van der Waals surface area contributed by atoms with Crippen LogP contribution in [0.25, 0.3) is 5.57 Å². The Morgan fingerprint density at radius 3 is 2.04 bits per heavy atom. The van der Waals surface area contributed by atoms with Crippen LogP contribution < -0.4 is 27.0 Å². The molecule has 252 valence electrons. The summed E-state index contributed by atoms with van der Waals surface area (Å²) in [5.41, 5.74) is 14.3. The summed E-state index contributed by atoms with van der Waals surface area (Å²) in [6.45, 7) is 17.4. The molecule has 46 heavy (non-hydrogen) atoms. The number of nitrogens with zero attached hydrogens (tertiary/aromatic N) is 2. The van der Waals surface area contributed by atoms with Crippen molar-refractivity contribution in [1.29, 1.82) is 0 Å². The van der Waals surface area contributed by atoms with Crippen molar-refractivity contribution in [2.24, 2.45) is 10.7 Å². The predicted molar refractivity (Wildman–Crippen MR) is 190 cm³/mol. The van der Waals surface area contributed by atoms with Gasteiger partial charge in [0.1, 0.15) is 0 Å². The highest BCUT2D eigenvalue weighted by molar-refractivity contribution is 6.41. The maximum atomic E-state index is 14.6. The summed E-state index contributed by atoms with van der Waals surface area (Å²) in [5, 5.41) is 13.0. The highest BCUT2D eigenvalue weighted by Crippen LogP contribution is 2.40. The summed E-state index contributed by atoms with van der Waals surface area (Å²) in [7, 11) is -2.69. The van der Waals surface area contributed by atoms with Gasteiger partial charge in [0.25, 0.3) is 0 Å². The molecule has 0 bridgehead atoms. The van der Waals surface area contributed by atoms with Crippen molar-refractivity contribution in [3.8, 4) is 0 Å². The van der Waals surface area contributed by atoms with Crippen molar-refractivity contribution in [2.75, 3.05) is 51.1 Å². The molecule has 0 saturated heterocycles. The number of carbonyl (C=O) groups excluding carboxylic acids is 1. The third-order valence-corrected chi connectivity index (χ3v) is 8.71. The van der Waals surface area contributed by atoms with Crippen LogP contribution in [0.15, 0.2) is 46.1 Å². The Kier molecular flexibility index (Phi) is 15.3. The molecule has 1 aliphatic heterocycles. The monoisotopic (exact) mass is 637 g/mol. The summed E-state index contributed by atoms with van der Waals surface area (Å²) < 4.78 is 30.4. The van der Waals surface area contributed by atoms with Gasteiger partial charge in [0.2, 0.25) is 5.91 Å². The number of carbonyl (C=O) groups is 1. The highest BCUT2D eigenvalue weighted by Gasteiger charge is 2.32. The van der Waals surface area contributed by atoms with Crippen molar-refractivity contribution in [3.63, 3.8) is 0 Å². The number of nitrogens with one attached hydrogen (secondary N) is 4. The maximum absolute atomic E-state index is 14.6. The number of nitrogens with two attached hydrogens (primary N) is 1. The van der Waals surface area contributed by atoms with Crippen LogP contribution in [0.1, 0.15) is 87.9 Å². The lowest BCUT2D eigenvalue weighted by molar-refractivity contribution is -0.115. The molecule has 0 spiro atoms. The minimum atomic E-state index is -2.69. The Morgan fingerprint density at radius 2 is 1.48 bits per heavy atom. The molecule has 0 aliphatic carbocycles. The van der Waals surface area contributed by atoms with Crippen molar-refractivity contribution < 1.29 is 13.4 Å². The molecule has 8 nitrogen and oxygen atoms in total. The Hall–Kier alpha value is -3.12. The van der Waals surface area contributed by atoms with E-state index in [1.54, 1.807) is 6.92 Å². The first-order valence-electron chi connectivity index (χ1n) is 16.9. The molecule has 1 amide bonds. The topological polar surface area (TPSA) is 108 Å². The van der Waals surface area contributed by atoms with E-state index in [0.29, 0.717) is 29.1 Å². The molecule has 0 saturated carbocycles. The summed E-state index contributed by atoms with van der Waals surface area (Å²) >= 11 is 0. The van der Waals surface area contributed by atoms with Crippen molar-refractivity contribution in [2.45, 2.75) is 80.1 Å². The minimum Gasteiger partial charge on any atom is -0.330 e. The number of allylic oxidation sites excluding steroid dienone is 2. The largest absolute Gasteiger partial charge is 0.677 e. The molecule has 1 aromatic heterocycles. The number of amides is 1. The Morgan fingerprint density at radius 1 is 0.870 bits per heavy atom. The number of benzene rings is 1. The first-order chi connectivity index (χ1) is 22.2. The number of hydrogen-bond donors (Lipinski definition) is 5. The fourth-order valence-electron chi connectivity index (χ4n) is 6.31.